The molecule has 2 N–H and O–H groups in total. The number of aryl methyl sites for hydroxylation is 1. The number of benzene rings is 1. The lowest BCUT2D eigenvalue weighted by molar-refractivity contribution is -0.133. The van der Waals surface area contributed by atoms with Crippen molar-refractivity contribution < 1.29 is 14.7 Å². The molecule has 2 rings (SSSR count). The molecule has 1 heterocycles. The van der Waals surface area contributed by atoms with E-state index < -0.39 is 5.97 Å². The van der Waals surface area contributed by atoms with Gasteiger partial charge in [0, 0.05) is 18.0 Å². The van der Waals surface area contributed by atoms with Crippen molar-refractivity contribution in [1.29, 1.82) is 0 Å². The topological polar surface area (TPSA) is 66.4 Å². The molecule has 1 amide bonds. The average molecular weight is 245 g/mol. The highest BCUT2D eigenvalue weighted by atomic mass is 16.4. The van der Waals surface area contributed by atoms with E-state index in [2.05, 4.69) is 5.32 Å². The van der Waals surface area contributed by atoms with E-state index in [9.17, 15) is 14.7 Å². The zero-order chi connectivity index (χ0) is 13.3. The van der Waals surface area contributed by atoms with Crippen molar-refractivity contribution in [3.63, 3.8) is 0 Å². The Hall–Kier alpha value is -2.10. The summed E-state index contributed by atoms with van der Waals surface area (Å²) in [5.74, 6) is -1.47. The molecule has 0 radical (unpaired) electrons. The van der Waals surface area contributed by atoms with Crippen molar-refractivity contribution in [2.24, 2.45) is 0 Å². The first kappa shape index (κ1) is 12.4. The smallest absolute Gasteiger partial charge is 0.333 e. The van der Waals surface area contributed by atoms with E-state index in [1.54, 1.807) is 6.92 Å². The van der Waals surface area contributed by atoms with Gasteiger partial charge in [-0.3, -0.25) is 4.79 Å². The minimum absolute atomic E-state index is 0.136. The Bertz CT molecular complexity index is 528. The first-order valence-electron chi connectivity index (χ1n) is 5.79. The molecule has 0 spiro atoms. The standard InChI is InChI=1S/C14H15NO3/c1-8-3-5-10(6-4-8)11-7-12(16)15-9(2)13(11)14(17)18/h3-6,11H,7H2,1-2H3,(H,15,16)(H,17,18)/t11-/m0/s1. The van der Waals surface area contributed by atoms with Gasteiger partial charge in [0.15, 0.2) is 0 Å². The van der Waals surface area contributed by atoms with E-state index >= 15 is 0 Å². The number of carbonyl (C=O) groups is 2. The highest BCUT2D eigenvalue weighted by Gasteiger charge is 2.31. The summed E-state index contributed by atoms with van der Waals surface area (Å²) in [4.78, 5) is 22.9. The van der Waals surface area contributed by atoms with Gasteiger partial charge in [-0.15, -0.1) is 0 Å². The second-order valence-electron chi connectivity index (χ2n) is 4.56. The molecule has 1 aliphatic heterocycles. The number of nitrogens with one attached hydrogen (secondary N) is 1. The van der Waals surface area contributed by atoms with Crippen LogP contribution >= 0.6 is 0 Å². The Morgan fingerprint density at radius 1 is 1.28 bits per heavy atom. The SMILES string of the molecule is CC1=C(C(=O)O)[C@H](c2ccc(C)cc2)CC(=O)N1. The van der Waals surface area contributed by atoms with Gasteiger partial charge in [0.25, 0.3) is 0 Å². The van der Waals surface area contributed by atoms with Crippen molar-refractivity contribution in [1.82, 2.24) is 5.32 Å². The summed E-state index contributed by atoms with van der Waals surface area (Å²) < 4.78 is 0. The molecule has 0 bridgehead atoms. The first-order valence-corrected chi connectivity index (χ1v) is 5.79. The number of carboxylic acids is 1. The highest BCUT2D eigenvalue weighted by molar-refractivity contribution is 5.94. The van der Waals surface area contributed by atoms with Gasteiger partial charge in [0.1, 0.15) is 0 Å². The number of hydrogen-bond donors (Lipinski definition) is 2. The van der Waals surface area contributed by atoms with Gasteiger partial charge in [-0.25, -0.2) is 4.79 Å². The second-order valence-corrected chi connectivity index (χ2v) is 4.56. The van der Waals surface area contributed by atoms with Gasteiger partial charge in [-0.2, -0.15) is 0 Å². The molecule has 4 nitrogen and oxygen atoms in total. The molecule has 0 fully saturated rings. The molecule has 0 saturated heterocycles. The zero-order valence-corrected chi connectivity index (χ0v) is 10.4. The van der Waals surface area contributed by atoms with Crippen LogP contribution in [-0.4, -0.2) is 17.0 Å². The Morgan fingerprint density at radius 2 is 1.89 bits per heavy atom. The molecule has 1 aromatic rings. The van der Waals surface area contributed by atoms with Crippen LogP contribution in [0.2, 0.25) is 0 Å². The monoisotopic (exact) mass is 245 g/mol. The van der Waals surface area contributed by atoms with E-state index in [1.807, 2.05) is 31.2 Å². The third kappa shape index (κ3) is 2.27. The lowest BCUT2D eigenvalue weighted by Gasteiger charge is -2.25. The minimum atomic E-state index is -0.974. The van der Waals surface area contributed by atoms with Crippen LogP contribution in [0.25, 0.3) is 0 Å². The summed E-state index contributed by atoms with van der Waals surface area (Å²) in [5, 5.41) is 11.9. The molecular weight excluding hydrogens is 230 g/mol. The van der Waals surface area contributed by atoms with Crippen molar-refractivity contribution in [2.45, 2.75) is 26.2 Å². The number of carboxylic acid groups (broad SMARTS) is 1. The number of carbonyl (C=O) groups excluding carboxylic acids is 1. The normalized spacial score (nSPS) is 19.7. The molecule has 18 heavy (non-hydrogen) atoms. The van der Waals surface area contributed by atoms with Crippen molar-refractivity contribution in [2.75, 3.05) is 0 Å². The van der Waals surface area contributed by atoms with Gasteiger partial charge in [0.05, 0.1) is 5.57 Å². The van der Waals surface area contributed by atoms with Crippen LogP contribution in [0.1, 0.15) is 30.4 Å². The molecular formula is C14H15NO3. The largest absolute Gasteiger partial charge is 0.478 e. The van der Waals surface area contributed by atoms with Crippen molar-refractivity contribution in [3.05, 3.63) is 46.7 Å². The van der Waals surface area contributed by atoms with Crippen LogP contribution in [-0.2, 0) is 9.59 Å². The Kier molecular flexibility index (Phi) is 3.19. The number of amides is 1. The average Bonchev–Trinajstić information content (AvgIpc) is 2.28. The summed E-state index contributed by atoms with van der Waals surface area (Å²) in [5.41, 5.74) is 2.69. The molecule has 0 saturated carbocycles. The lowest BCUT2D eigenvalue weighted by Crippen LogP contribution is -2.33. The zero-order valence-electron chi connectivity index (χ0n) is 10.4. The van der Waals surface area contributed by atoms with Crippen LogP contribution in [0, 0.1) is 6.92 Å². The Balaban J connectivity index is 2.46. The summed E-state index contributed by atoms with van der Waals surface area (Å²) in [6, 6.07) is 7.62. The fourth-order valence-corrected chi connectivity index (χ4v) is 2.27. The predicted octanol–water partition coefficient (Wildman–Crippen LogP) is 1.96. The van der Waals surface area contributed by atoms with E-state index in [0.29, 0.717) is 5.70 Å². The summed E-state index contributed by atoms with van der Waals surface area (Å²) in [7, 11) is 0. The fourth-order valence-electron chi connectivity index (χ4n) is 2.27. The Labute approximate surface area is 105 Å². The van der Waals surface area contributed by atoms with Crippen LogP contribution in [0.5, 0.6) is 0 Å². The third-order valence-electron chi connectivity index (χ3n) is 3.18. The van der Waals surface area contributed by atoms with E-state index in [-0.39, 0.29) is 23.8 Å². The van der Waals surface area contributed by atoms with Gasteiger partial charge in [-0.05, 0) is 19.4 Å². The maximum atomic E-state index is 11.6. The van der Waals surface area contributed by atoms with Crippen LogP contribution < -0.4 is 5.32 Å². The second kappa shape index (κ2) is 4.64. The van der Waals surface area contributed by atoms with E-state index in [0.717, 1.165) is 11.1 Å². The molecule has 94 valence electrons. The molecule has 1 aliphatic rings. The number of allylic oxidation sites excluding steroid dienone is 1. The minimum Gasteiger partial charge on any atom is -0.478 e. The van der Waals surface area contributed by atoms with Gasteiger partial charge in [0.2, 0.25) is 5.91 Å². The molecule has 0 aromatic heterocycles. The first-order chi connectivity index (χ1) is 8.49. The number of rotatable bonds is 2. The summed E-state index contributed by atoms with van der Waals surface area (Å²) in [6.45, 7) is 3.60. The summed E-state index contributed by atoms with van der Waals surface area (Å²) in [6.07, 6.45) is 0.183. The summed E-state index contributed by atoms with van der Waals surface area (Å²) >= 11 is 0. The van der Waals surface area contributed by atoms with Crippen molar-refractivity contribution in [3.8, 4) is 0 Å². The number of aliphatic carboxylic acids is 1. The quantitative estimate of drug-likeness (QED) is 0.837. The molecule has 0 unspecified atom stereocenters. The fraction of sp³-hybridized carbons (Fsp3) is 0.286. The Morgan fingerprint density at radius 3 is 2.44 bits per heavy atom. The number of hydrogen-bond acceptors (Lipinski definition) is 2. The van der Waals surface area contributed by atoms with Crippen LogP contribution in [0.4, 0.5) is 0 Å². The van der Waals surface area contributed by atoms with Gasteiger partial charge < -0.3 is 10.4 Å². The van der Waals surface area contributed by atoms with E-state index in [1.165, 1.54) is 0 Å². The van der Waals surface area contributed by atoms with Gasteiger partial charge >= 0.3 is 5.97 Å². The molecule has 4 heteroatoms. The van der Waals surface area contributed by atoms with Gasteiger partial charge in [-0.1, -0.05) is 29.8 Å². The molecule has 1 atom stereocenters. The van der Waals surface area contributed by atoms with E-state index in [4.69, 9.17) is 0 Å². The predicted molar refractivity (Wildman–Crippen MR) is 67.0 cm³/mol. The van der Waals surface area contributed by atoms with Crippen LogP contribution in [0.3, 0.4) is 0 Å². The van der Waals surface area contributed by atoms with Crippen molar-refractivity contribution >= 4 is 11.9 Å². The maximum absolute atomic E-state index is 11.6. The van der Waals surface area contributed by atoms with Crippen LogP contribution in [0.15, 0.2) is 35.5 Å². The maximum Gasteiger partial charge on any atom is 0.333 e. The molecule has 1 aromatic carbocycles. The highest BCUT2D eigenvalue weighted by Crippen LogP contribution is 2.32. The lowest BCUT2D eigenvalue weighted by atomic mass is 9.84. The third-order valence-corrected chi connectivity index (χ3v) is 3.18. The molecule has 0 aliphatic carbocycles.